The van der Waals surface area contributed by atoms with E-state index in [0.29, 0.717) is 25.5 Å². The third kappa shape index (κ3) is 4.66. The fourth-order valence-electron chi connectivity index (χ4n) is 5.13. The summed E-state index contributed by atoms with van der Waals surface area (Å²) in [4.78, 5) is 42.1. The Balaban J connectivity index is 1.47. The number of anilines is 1. The van der Waals surface area contributed by atoms with Crippen LogP contribution >= 0.6 is 46.3 Å². The highest BCUT2D eigenvalue weighted by Gasteiger charge is 2.57. The number of carbonyl (C=O) groups is 2. The second kappa shape index (κ2) is 10.1. The van der Waals surface area contributed by atoms with Crippen molar-refractivity contribution >= 4 is 63.8 Å². The van der Waals surface area contributed by atoms with Crippen molar-refractivity contribution in [3.63, 3.8) is 0 Å². The second-order valence-electron chi connectivity index (χ2n) is 9.40. The summed E-state index contributed by atoms with van der Waals surface area (Å²) in [6.07, 6.45) is -4.64. The van der Waals surface area contributed by atoms with Crippen LogP contribution in [0.4, 0.5) is 18.9 Å². The van der Waals surface area contributed by atoms with Gasteiger partial charge in [0.05, 0.1) is 28.7 Å². The van der Waals surface area contributed by atoms with Crippen molar-refractivity contribution in [2.45, 2.75) is 28.9 Å². The Hall–Kier alpha value is -3.05. The van der Waals surface area contributed by atoms with Gasteiger partial charge in [-0.2, -0.15) is 13.2 Å². The van der Waals surface area contributed by atoms with Gasteiger partial charge in [-0.25, -0.2) is 4.90 Å². The molecule has 0 saturated carbocycles. The summed E-state index contributed by atoms with van der Waals surface area (Å²) >= 11 is 14.2. The summed E-state index contributed by atoms with van der Waals surface area (Å²) in [5.41, 5.74) is 0.389. The van der Waals surface area contributed by atoms with Gasteiger partial charge in [-0.3, -0.25) is 19.0 Å². The van der Waals surface area contributed by atoms with Crippen LogP contribution in [-0.4, -0.2) is 21.6 Å². The third-order valence-electron chi connectivity index (χ3n) is 6.96. The quantitative estimate of drug-likeness (QED) is 0.229. The van der Waals surface area contributed by atoms with Crippen LogP contribution in [0.25, 0.3) is 0 Å². The molecule has 3 atom stereocenters. The first-order chi connectivity index (χ1) is 19.0. The van der Waals surface area contributed by atoms with E-state index in [9.17, 15) is 27.6 Å². The molecule has 1 saturated heterocycles. The molecule has 40 heavy (non-hydrogen) atoms. The number of fused-ring (bicyclic) bond motifs is 2. The number of aromatic nitrogens is 1. The minimum absolute atomic E-state index is 0.142. The lowest BCUT2D eigenvalue weighted by Gasteiger charge is -2.30. The molecule has 12 heteroatoms. The lowest BCUT2D eigenvalue weighted by atomic mass is 9.83. The predicted molar refractivity (Wildman–Crippen MR) is 149 cm³/mol. The molecule has 6 rings (SSSR count). The highest BCUT2D eigenvalue weighted by atomic mass is 35.5. The number of benzene rings is 3. The molecule has 0 aliphatic carbocycles. The Morgan fingerprint density at radius 2 is 1.50 bits per heavy atom. The normalized spacial score (nSPS) is 20.5. The first kappa shape index (κ1) is 27.1. The Bertz CT molecular complexity index is 1700. The highest BCUT2D eigenvalue weighted by Crippen LogP contribution is 2.54. The van der Waals surface area contributed by atoms with Gasteiger partial charge in [-0.15, -0.1) is 0 Å². The van der Waals surface area contributed by atoms with E-state index in [4.69, 9.17) is 23.2 Å². The van der Waals surface area contributed by atoms with E-state index in [1.807, 2.05) is 0 Å². The van der Waals surface area contributed by atoms with E-state index in [0.717, 1.165) is 45.7 Å². The lowest BCUT2D eigenvalue weighted by Crippen LogP contribution is -2.32. The number of hydrogen-bond acceptors (Lipinski definition) is 5. The van der Waals surface area contributed by atoms with Gasteiger partial charge in [-0.1, -0.05) is 76.6 Å². The topological polar surface area (TPSA) is 59.4 Å². The number of hydrogen-bond donors (Lipinski definition) is 0. The molecule has 0 unspecified atom stereocenters. The monoisotopic (exact) mass is 620 g/mol. The molecule has 5 nitrogen and oxygen atoms in total. The number of nitrogens with zero attached hydrogens (tertiary/aromatic N) is 2. The van der Waals surface area contributed by atoms with Gasteiger partial charge in [0.2, 0.25) is 11.8 Å². The van der Waals surface area contributed by atoms with Crippen molar-refractivity contribution in [2.75, 3.05) is 4.90 Å². The summed E-state index contributed by atoms with van der Waals surface area (Å²) in [5.74, 6) is -2.84. The van der Waals surface area contributed by atoms with Crippen molar-refractivity contribution in [1.29, 1.82) is 0 Å². The van der Waals surface area contributed by atoms with Crippen LogP contribution in [-0.2, 0) is 22.3 Å². The molecule has 204 valence electrons. The summed E-state index contributed by atoms with van der Waals surface area (Å²) in [6, 6.07) is 18.0. The number of alkyl halides is 3. The molecule has 2 aliphatic heterocycles. The van der Waals surface area contributed by atoms with Crippen molar-refractivity contribution in [1.82, 2.24) is 4.57 Å². The first-order valence-corrected chi connectivity index (χ1v) is 14.4. The van der Waals surface area contributed by atoms with Gasteiger partial charge in [0.15, 0.2) is 0 Å². The molecule has 2 aliphatic rings. The smallest absolute Gasteiger partial charge is 0.289 e. The van der Waals surface area contributed by atoms with Gasteiger partial charge in [0.25, 0.3) is 0 Å². The maximum atomic E-state index is 13.9. The molecule has 1 fully saturated rings. The molecular weight excluding hydrogens is 604 g/mol. The summed E-state index contributed by atoms with van der Waals surface area (Å²) in [5, 5.41) is 0.630. The van der Waals surface area contributed by atoms with E-state index in [1.165, 1.54) is 12.1 Å². The van der Waals surface area contributed by atoms with Crippen LogP contribution in [0, 0.1) is 5.92 Å². The number of imide groups is 1. The van der Waals surface area contributed by atoms with Gasteiger partial charge >= 0.3 is 11.0 Å². The average molecular weight is 621 g/mol. The molecule has 0 radical (unpaired) electrons. The second-order valence-corrected chi connectivity index (χ2v) is 12.4. The van der Waals surface area contributed by atoms with Crippen molar-refractivity contribution in [3.05, 3.63) is 114 Å². The maximum absolute atomic E-state index is 13.9. The Labute approximate surface area is 244 Å². The third-order valence-corrected chi connectivity index (χ3v) is 10.1. The highest BCUT2D eigenvalue weighted by molar-refractivity contribution is 8.00. The molecule has 3 heterocycles. The number of halogens is 5. The van der Waals surface area contributed by atoms with E-state index in [1.54, 1.807) is 53.1 Å². The van der Waals surface area contributed by atoms with Crippen LogP contribution in [0.2, 0.25) is 10.0 Å². The maximum Gasteiger partial charge on any atom is 0.416 e. The van der Waals surface area contributed by atoms with Crippen molar-refractivity contribution < 1.29 is 22.8 Å². The zero-order valence-corrected chi connectivity index (χ0v) is 23.3. The molecule has 0 bridgehead atoms. The fraction of sp³-hybridized carbons (Fsp3) is 0.179. The Morgan fingerprint density at radius 3 is 2.15 bits per heavy atom. The van der Waals surface area contributed by atoms with Gasteiger partial charge in [-0.05, 0) is 53.6 Å². The van der Waals surface area contributed by atoms with Crippen LogP contribution in [0.1, 0.15) is 27.5 Å². The molecule has 2 amide bonds. The Morgan fingerprint density at radius 1 is 0.850 bits per heavy atom. The van der Waals surface area contributed by atoms with Crippen molar-refractivity contribution in [2.24, 2.45) is 5.92 Å². The predicted octanol–water partition coefficient (Wildman–Crippen LogP) is 7.08. The van der Waals surface area contributed by atoms with E-state index >= 15 is 0 Å². The minimum atomic E-state index is -4.64. The first-order valence-electron chi connectivity index (χ1n) is 12.0. The zero-order valence-electron chi connectivity index (χ0n) is 20.2. The number of thiazole rings is 1. The van der Waals surface area contributed by atoms with E-state index < -0.39 is 40.6 Å². The van der Waals surface area contributed by atoms with Crippen LogP contribution in [0.3, 0.4) is 0 Å². The molecule has 0 N–H and O–H groups in total. The number of carbonyl (C=O) groups excluding carboxylic acids is 2. The largest absolute Gasteiger partial charge is 0.416 e. The average Bonchev–Trinajstić information content (AvgIpc) is 3.36. The lowest BCUT2D eigenvalue weighted by molar-refractivity contribution is -0.137. The van der Waals surface area contributed by atoms with Gasteiger partial charge in [0.1, 0.15) is 5.25 Å². The standard InChI is InChI=1S/C28H17Cl2F3N2O3S2/c29-17-8-4-14(5-9-17)13-34-26-23(40-27(34)38)20(15-6-10-18(30)11-7-15)21-22(39-26)25(37)35(24(21)36)19-3-1-2-16(12-19)28(31,32)33/h1-12,20-22H,13H2/t20-,21-,22-/m0/s1. The summed E-state index contributed by atoms with van der Waals surface area (Å²) in [6.45, 7) is 0.221. The van der Waals surface area contributed by atoms with Crippen molar-refractivity contribution in [3.8, 4) is 0 Å². The summed E-state index contributed by atoms with van der Waals surface area (Å²) < 4.78 is 41.9. The fourth-order valence-corrected chi connectivity index (χ4v) is 8.16. The molecular formula is C28H17Cl2F3N2O3S2. The summed E-state index contributed by atoms with van der Waals surface area (Å²) in [7, 11) is 0. The van der Waals surface area contributed by atoms with Crippen LogP contribution in [0.5, 0.6) is 0 Å². The number of rotatable bonds is 4. The molecule has 1 aromatic heterocycles. The molecule has 0 spiro atoms. The SMILES string of the molecule is O=C1[C@H]2[C@H](c3ccc(Cl)cc3)c3sc(=O)n(Cc4ccc(Cl)cc4)c3S[C@@H]2C(=O)N1c1cccc(C(F)(F)F)c1. The van der Waals surface area contributed by atoms with Gasteiger partial charge in [0, 0.05) is 20.8 Å². The van der Waals surface area contributed by atoms with Gasteiger partial charge < -0.3 is 0 Å². The molecule has 4 aromatic rings. The minimum Gasteiger partial charge on any atom is -0.289 e. The van der Waals surface area contributed by atoms with Crippen LogP contribution < -0.4 is 9.77 Å². The number of amides is 2. The number of thioether (sulfide) groups is 1. The Kier molecular flexibility index (Phi) is 6.85. The van der Waals surface area contributed by atoms with E-state index in [2.05, 4.69) is 0 Å². The van der Waals surface area contributed by atoms with Crippen LogP contribution in [0.15, 0.2) is 82.6 Å². The molecule has 3 aromatic carbocycles. The zero-order chi connectivity index (χ0) is 28.3. The van der Waals surface area contributed by atoms with E-state index in [-0.39, 0.29) is 17.1 Å².